The molecule has 4 aliphatic rings. The first-order valence-corrected chi connectivity index (χ1v) is 44.9. The number of carbonyl (C=O) groups is 4. The van der Waals surface area contributed by atoms with Gasteiger partial charge in [0.15, 0.2) is 23.3 Å². The van der Waals surface area contributed by atoms with Gasteiger partial charge in [0.05, 0.1) is 65.6 Å². The van der Waals surface area contributed by atoms with Crippen LogP contribution in [0.1, 0.15) is 140 Å². The monoisotopic (exact) mass is 1920 g/mol. The van der Waals surface area contributed by atoms with Crippen LogP contribution >= 0.6 is 139 Å². The third-order valence-corrected chi connectivity index (χ3v) is 25.9. The van der Waals surface area contributed by atoms with E-state index in [9.17, 15) is 19.2 Å². The molecule has 4 amide bonds. The molecule has 4 aliphatic heterocycles. The van der Waals surface area contributed by atoms with Crippen LogP contribution in [-0.4, -0.2) is 155 Å². The van der Waals surface area contributed by atoms with Crippen molar-refractivity contribution < 1.29 is 19.2 Å². The molecule has 0 atom stereocenters. The molecular weight excluding hydrogens is 1840 g/mol. The van der Waals surface area contributed by atoms with Crippen LogP contribution < -0.4 is 0 Å². The zero-order valence-corrected chi connectivity index (χ0v) is 80.8. The summed E-state index contributed by atoms with van der Waals surface area (Å²) < 4.78 is 7.12. The first-order chi connectivity index (χ1) is 59.5. The van der Waals surface area contributed by atoms with Gasteiger partial charge in [-0.25, -0.2) is 18.7 Å². The number of rotatable bonds is 18. The van der Waals surface area contributed by atoms with Crippen molar-refractivity contribution in [3.05, 3.63) is 275 Å². The van der Waals surface area contributed by atoms with Gasteiger partial charge in [0.25, 0.3) is 23.6 Å². The van der Waals surface area contributed by atoms with Crippen molar-refractivity contribution >= 4 is 186 Å². The molecule has 8 aromatic carbocycles. The SMILES string of the molecule is CCCCN1C(c2nn(-c3ccc(Cl)cc3Cl)c(-c3ccc(Cl)cc3)c2C)=NC(=O)C1(C)C.CCCN1C(c2nn(-c3ccc(Cl)cc3Cl)c(-c3ccc(Cl)cc3)c2C)=NC(=O)C1(C)C.CCN1C(c2nn(-c3ccc(Cl)cc3Cl)c(-c3ccc(Cl)cc3)c2C)=NC(=O)C1(C)C.Cc1c(C2=NC(=O)C(C)(C)N2C)nn(-c2ccc(Cl)cc2Cl)c1-c1ccc(Cl)cc1. The minimum Gasteiger partial charge on any atom is -0.343 e. The maximum atomic E-state index is 12.8. The van der Waals surface area contributed by atoms with E-state index in [4.69, 9.17) is 160 Å². The van der Waals surface area contributed by atoms with Gasteiger partial charge in [-0.05, 0) is 224 Å². The third kappa shape index (κ3) is 18.4. The summed E-state index contributed by atoms with van der Waals surface area (Å²) in [4.78, 5) is 76.0. The lowest BCUT2D eigenvalue weighted by Gasteiger charge is -2.32. The van der Waals surface area contributed by atoms with Gasteiger partial charge in [0.2, 0.25) is 0 Å². The second-order valence-corrected chi connectivity index (χ2v) is 37.6. The van der Waals surface area contributed by atoms with Crippen molar-refractivity contribution in [2.45, 2.75) is 145 Å². The second-order valence-electron chi connectivity index (χ2n) is 32.5. The molecule has 0 aliphatic carbocycles. The molecule has 0 bridgehead atoms. The predicted octanol–water partition coefficient (Wildman–Crippen LogP) is 25.6. The number of hydrogen-bond acceptors (Lipinski definition) is 12. The lowest BCUT2D eigenvalue weighted by Crippen LogP contribution is -2.47. The molecule has 0 saturated carbocycles. The molecule has 0 spiro atoms. The smallest absolute Gasteiger partial charge is 0.273 e. The van der Waals surface area contributed by atoms with Gasteiger partial charge in [0.1, 0.15) is 44.9 Å². The van der Waals surface area contributed by atoms with Crippen LogP contribution in [0.2, 0.25) is 60.3 Å². The van der Waals surface area contributed by atoms with E-state index in [1.165, 1.54) is 0 Å². The average Bonchev–Trinajstić information content (AvgIpc) is 1.59. The molecule has 20 nitrogen and oxygen atoms in total. The largest absolute Gasteiger partial charge is 0.343 e. The highest BCUT2D eigenvalue weighted by Crippen LogP contribution is 2.43. The fraction of sp³-hybridized carbons (Fsp3) is 0.277. The normalized spacial score (nSPS) is 15.5. The van der Waals surface area contributed by atoms with Crippen LogP contribution in [-0.2, 0) is 19.2 Å². The van der Waals surface area contributed by atoms with Gasteiger partial charge >= 0.3 is 0 Å². The Morgan fingerprint density at radius 3 is 0.754 bits per heavy atom. The standard InChI is InChI=1S/C25H25Cl3N4O.C24H23Cl3N4O.C23H21Cl3N4O.C22H19Cl3N4O/c1-5-6-13-31-23(29-24(33)25(31,3)4)21-15(2)22(16-7-9-17(26)10-8-16)32(30-21)20-12-11-18(27)14-19(20)28;1-5-12-30-22(28-23(32)24(30,3)4)20-14(2)21(15-6-8-16(25)9-7-15)31(29-20)19-11-10-17(26)13-18(19)27;1-5-29-21(27-22(31)23(29,3)4)19-13(2)20(14-6-8-15(24)9-7-14)30(28-19)18-11-10-16(25)12-17(18)26;1-12-18(20-26-21(30)22(2,3)28(20)4)27-29(17-10-9-15(24)11-16(17)25)19(12)13-5-7-14(23)8-6-13/h7-12,14H,5-6,13H2,1-4H3;6-11,13H,5,12H2,1-4H3;6-12H,5H2,1-4H3;5-11H,1-4H3. The third-order valence-electron chi connectivity index (χ3n) is 22.7. The van der Waals surface area contributed by atoms with Gasteiger partial charge in [-0.3, -0.25) is 19.2 Å². The van der Waals surface area contributed by atoms with Crippen LogP contribution in [0.5, 0.6) is 0 Å². The lowest BCUT2D eigenvalue weighted by atomic mass is 10.0. The van der Waals surface area contributed by atoms with Gasteiger partial charge < -0.3 is 19.6 Å². The number of unbranched alkanes of at least 4 members (excludes halogenated alkanes) is 1. The van der Waals surface area contributed by atoms with Crippen LogP contribution in [0.15, 0.2) is 190 Å². The van der Waals surface area contributed by atoms with Crippen molar-refractivity contribution in [2.24, 2.45) is 20.0 Å². The van der Waals surface area contributed by atoms with Gasteiger partial charge in [-0.2, -0.15) is 40.4 Å². The Hall–Kier alpha value is -9.36. The number of aliphatic imine (C=N–C) groups is 4. The highest BCUT2D eigenvalue weighted by molar-refractivity contribution is 6.38. The summed E-state index contributed by atoms with van der Waals surface area (Å²) in [6.07, 6.45) is 2.84. The highest BCUT2D eigenvalue weighted by atomic mass is 35.5. The minimum absolute atomic E-state index is 0.167. The first-order valence-electron chi connectivity index (χ1n) is 40.4. The fourth-order valence-electron chi connectivity index (χ4n) is 15.3. The number of nitrogens with zero attached hydrogens (tertiary/aromatic N) is 16. The summed E-state index contributed by atoms with van der Waals surface area (Å²) in [5.74, 6) is 1.54. The molecule has 0 unspecified atom stereocenters. The molecule has 652 valence electrons. The Balaban J connectivity index is 0.000000144. The van der Waals surface area contributed by atoms with E-state index in [2.05, 4.69) is 38.7 Å². The van der Waals surface area contributed by atoms with Crippen molar-refractivity contribution in [1.29, 1.82) is 0 Å². The van der Waals surface area contributed by atoms with Crippen molar-refractivity contribution in [3.63, 3.8) is 0 Å². The topological polar surface area (TPSA) is 202 Å². The number of aromatic nitrogens is 8. The summed E-state index contributed by atoms with van der Waals surface area (Å²) in [5, 5.41) is 26.2. The number of carbonyl (C=O) groups excluding carboxylic acids is 4. The molecule has 4 aromatic heterocycles. The van der Waals surface area contributed by atoms with Crippen molar-refractivity contribution in [1.82, 2.24) is 58.7 Å². The quantitative estimate of drug-likeness (QED) is 0.0788. The summed E-state index contributed by atoms with van der Waals surface area (Å²) in [5.41, 5.74) is 13.0. The first kappa shape index (κ1) is 94.3. The molecule has 0 fully saturated rings. The van der Waals surface area contributed by atoms with Crippen LogP contribution in [0.3, 0.4) is 0 Å². The van der Waals surface area contributed by atoms with E-state index in [-0.39, 0.29) is 23.6 Å². The van der Waals surface area contributed by atoms with Crippen LogP contribution in [0, 0.1) is 27.7 Å². The molecule has 0 N–H and O–H groups in total. The van der Waals surface area contributed by atoms with E-state index < -0.39 is 22.2 Å². The highest BCUT2D eigenvalue weighted by Gasteiger charge is 2.48. The molecule has 126 heavy (non-hydrogen) atoms. The number of amides is 4. The summed E-state index contributed by atoms with van der Waals surface area (Å²) in [7, 11) is 1.85. The van der Waals surface area contributed by atoms with E-state index in [0.717, 1.165) is 93.1 Å². The predicted molar refractivity (Wildman–Crippen MR) is 516 cm³/mol. The van der Waals surface area contributed by atoms with E-state index in [1.54, 1.807) is 67.3 Å². The minimum atomic E-state index is -0.732. The van der Waals surface area contributed by atoms with Gasteiger partial charge in [-0.1, -0.05) is 208 Å². The summed E-state index contributed by atoms with van der Waals surface area (Å²) in [6, 6.07) is 51.2. The molecular formula is C94H88Cl12N16O4. The number of likely N-dealkylation sites (N-methyl/N-ethyl adjacent to an activating group) is 2. The van der Waals surface area contributed by atoms with Crippen molar-refractivity contribution in [3.8, 4) is 67.8 Å². The zero-order chi connectivity index (χ0) is 91.4. The number of hydrogen-bond donors (Lipinski definition) is 0. The molecule has 32 heteroatoms. The van der Waals surface area contributed by atoms with Gasteiger partial charge in [0, 0.05) is 111 Å². The van der Waals surface area contributed by atoms with Gasteiger partial charge in [-0.15, -0.1) is 0 Å². The van der Waals surface area contributed by atoms with Crippen LogP contribution in [0.4, 0.5) is 0 Å². The Morgan fingerprint density at radius 2 is 0.516 bits per heavy atom. The summed E-state index contributed by atoms with van der Waals surface area (Å²) >= 11 is 75.1. The lowest BCUT2D eigenvalue weighted by molar-refractivity contribution is -0.124. The van der Waals surface area contributed by atoms with Crippen LogP contribution in [0.25, 0.3) is 67.8 Å². The Labute approximate surface area is 792 Å². The molecule has 0 radical (unpaired) electrons. The van der Waals surface area contributed by atoms with E-state index in [0.29, 0.717) is 142 Å². The van der Waals surface area contributed by atoms with E-state index >= 15 is 0 Å². The summed E-state index contributed by atoms with van der Waals surface area (Å²) in [6.45, 7) is 31.2. The Morgan fingerprint density at radius 1 is 0.286 bits per heavy atom. The molecule has 16 rings (SSSR count). The number of benzene rings is 8. The maximum Gasteiger partial charge on any atom is 0.273 e. The van der Waals surface area contributed by atoms with E-state index in [1.807, 2.05) is 233 Å². The Kier molecular flexibility index (Phi) is 28.2. The molecule has 8 heterocycles. The second kappa shape index (κ2) is 37.8. The zero-order valence-electron chi connectivity index (χ0n) is 71.7. The Bertz CT molecular complexity index is 6420. The number of halogens is 12. The molecule has 12 aromatic rings. The maximum absolute atomic E-state index is 12.8. The molecule has 0 saturated heterocycles. The number of amidine groups is 4. The average molecular weight is 1930 g/mol. The fourth-order valence-corrected chi connectivity index (χ4v) is 17.7. The van der Waals surface area contributed by atoms with Crippen molar-refractivity contribution in [2.75, 3.05) is 26.7 Å².